The van der Waals surface area contributed by atoms with Crippen LogP contribution >= 0.6 is 11.8 Å². The van der Waals surface area contributed by atoms with Crippen LogP contribution in [0.1, 0.15) is 6.42 Å². The maximum atomic E-state index is 11.7. The van der Waals surface area contributed by atoms with Crippen LogP contribution in [0.5, 0.6) is 11.5 Å². The number of anilines is 1. The highest BCUT2D eigenvalue weighted by Gasteiger charge is 2.79. The summed E-state index contributed by atoms with van der Waals surface area (Å²) in [5, 5.41) is 10.9. The van der Waals surface area contributed by atoms with Gasteiger partial charge >= 0.3 is 0 Å². The van der Waals surface area contributed by atoms with Crippen molar-refractivity contribution in [2.45, 2.75) is 22.7 Å². The summed E-state index contributed by atoms with van der Waals surface area (Å²) in [6, 6.07) is 12.0. The zero-order valence-corrected chi connectivity index (χ0v) is 13.7. The van der Waals surface area contributed by atoms with Crippen molar-refractivity contribution in [1.82, 2.24) is 0 Å². The van der Waals surface area contributed by atoms with Gasteiger partial charge in [0.1, 0.15) is 16.9 Å². The van der Waals surface area contributed by atoms with Crippen LogP contribution in [-0.2, 0) is 4.79 Å². The second-order valence-electron chi connectivity index (χ2n) is 6.49. The molecule has 7 nitrogen and oxygen atoms in total. The Hall–Kier alpha value is -2.74. The lowest BCUT2D eigenvalue weighted by molar-refractivity contribution is -0.384. The molecule has 2 aliphatic heterocycles. The number of nitro benzene ring substituents is 1. The van der Waals surface area contributed by atoms with E-state index in [1.54, 1.807) is 23.9 Å². The van der Waals surface area contributed by atoms with Gasteiger partial charge in [0.25, 0.3) is 5.69 Å². The van der Waals surface area contributed by atoms with Crippen LogP contribution in [0.3, 0.4) is 0 Å². The predicted octanol–water partition coefficient (Wildman–Crippen LogP) is 2.88. The van der Waals surface area contributed by atoms with Crippen LogP contribution in [0.4, 0.5) is 11.4 Å². The van der Waals surface area contributed by atoms with Crippen molar-refractivity contribution in [3.8, 4) is 11.5 Å². The van der Waals surface area contributed by atoms with Crippen molar-refractivity contribution in [2.75, 3.05) is 4.90 Å². The molecule has 3 unspecified atom stereocenters. The summed E-state index contributed by atoms with van der Waals surface area (Å²) < 4.78 is 5.77. The van der Waals surface area contributed by atoms with Gasteiger partial charge in [0.05, 0.1) is 22.1 Å². The molecule has 2 aromatic rings. The molecular formula is C17H13N3O4S. The van der Waals surface area contributed by atoms with Gasteiger partial charge in [0, 0.05) is 17.0 Å². The zero-order valence-electron chi connectivity index (χ0n) is 12.9. The molecule has 2 aromatic carbocycles. The Morgan fingerprint density at radius 1 is 1.32 bits per heavy atom. The quantitative estimate of drug-likeness (QED) is 0.669. The van der Waals surface area contributed by atoms with Crippen molar-refractivity contribution in [3.63, 3.8) is 0 Å². The van der Waals surface area contributed by atoms with Gasteiger partial charge < -0.3 is 15.4 Å². The van der Waals surface area contributed by atoms with Gasteiger partial charge in [-0.15, -0.1) is 0 Å². The molecule has 0 radical (unpaired) electrons. The molecule has 3 atom stereocenters. The molecule has 2 heterocycles. The Bertz CT molecular complexity index is 949. The molecule has 2 N–H and O–H groups in total. The molecular weight excluding hydrogens is 342 g/mol. The van der Waals surface area contributed by atoms with Gasteiger partial charge in [-0.3, -0.25) is 14.9 Å². The Balaban J connectivity index is 1.40. The van der Waals surface area contributed by atoms with Crippen molar-refractivity contribution >= 4 is 29.0 Å². The van der Waals surface area contributed by atoms with Crippen LogP contribution in [0.15, 0.2) is 47.4 Å². The van der Waals surface area contributed by atoms with E-state index >= 15 is 0 Å². The van der Waals surface area contributed by atoms with E-state index in [-0.39, 0.29) is 28.4 Å². The number of primary amides is 1. The molecule has 0 bridgehead atoms. The maximum absolute atomic E-state index is 11.7. The van der Waals surface area contributed by atoms with Crippen molar-refractivity contribution in [1.29, 1.82) is 0 Å². The van der Waals surface area contributed by atoms with E-state index in [1.165, 1.54) is 12.1 Å². The number of hydrogen-bond donors (Lipinski definition) is 1. The minimum absolute atomic E-state index is 0.0133. The van der Waals surface area contributed by atoms with Gasteiger partial charge in [-0.05, 0) is 30.7 Å². The van der Waals surface area contributed by atoms with E-state index < -0.39 is 4.92 Å². The van der Waals surface area contributed by atoms with E-state index in [0.29, 0.717) is 11.5 Å². The third kappa shape index (κ3) is 1.85. The number of amides is 1. The summed E-state index contributed by atoms with van der Waals surface area (Å²) in [6.45, 7) is 0. The lowest BCUT2D eigenvalue weighted by Crippen LogP contribution is -2.57. The monoisotopic (exact) mass is 355 g/mol. The van der Waals surface area contributed by atoms with E-state index in [2.05, 4.69) is 4.90 Å². The molecule has 8 heteroatoms. The Kier molecular flexibility index (Phi) is 2.72. The molecule has 1 saturated carbocycles. The largest absolute Gasteiger partial charge is 0.457 e. The average Bonchev–Trinajstić information content (AvgIpc) is 3.13. The number of benzene rings is 2. The van der Waals surface area contributed by atoms with Crippen LogP contribution in [-0.4, -0.2) is 22.2 Å². The minimum Gasteiger partial charge on any atom is -0.457 e. The summed E-state index contributed by atoms with van der Waals surface area (Å²) in [7, 11) is 0. The first kappa shape index (κ1) is 14.6. The topological polar surface area (TPSA) is 98.7 Å². The smallest absolute Gasteiger partial charge is 0.273 e. The third-order valence-corrected chi connectivity index (χ3v) is 6.62. The van der Waals surface area contributed by atoms with Crippen LogP contribution in [0.2, 0.25) is 0 Å². The molecule has 126 valence electrons. The zero-order chi connectivity index (χ0) is 17.3. The third-order valence-electron chi connectivity index (χ3n) is 5.17. The number of nitrogens with zero attached hydrogens (tertiary/aromatic N) is 2. The number of rotatable bonds is 4. The summed E-state index contributed by atoms with van der Waals surface area (Å²) in [5.74, 6) is 0.806. The minimum atomic E-state index is -0.452. The maximum Gasteiger partial charge on any atom is 0.273 e. The summed E-state index contributed by atoms with van der Waals surface area (Å²) in [4.78, 5) is 25.4. The number of nitrogens with two attached hydrogens (primary N) is 1. The molecule has 0 aromatic heterocycles. The van der Waals surface area contributed by atoms with Crippen LogP contribution in [0.25, 0.3) is 0 Å². The number of nitro groups is 1. The van der Waals surface area contributed by atoms with Gasteiger partial charge in [-0.2, -0.15) is 0 Å². The molecule has 3 aliphatic rings. The number of thioether (sulfide) groups is 1. The van der Waals surface area contributed by atoms with E-state index in [4.69, 9.17) is 10.5 Å². The fraction of sp³-hybridized carbons (Fsp3) is 0.235. The lowest BCUT2D eigenvalue weighted by Gasteiger charge is -2.41. The standard InChI is InChI=1S/C17H13N3O4S/c18-15(21)17-8-14(17)19-12-5-4-11(7-13(12)25-16(17)19)24-10-3-1-2-9(6-10)20(22)23/h1-7,14,16H,8H2,(H2,18,21). The number of hydrogen-bond acceptors (Lipinski definition) is 6. The summed E-state index contributed by atoms with van der Waals surface area (Å²) >= 11 is 1.63. The Morgan fingerprint density at radius 2 is 2.12 bits per heavy atom. The van der Waals surface area contributed by atoms with Crippen LogP contribution < -0.4 is 15.4 Å². The first-order valence-electron chi connectivity index (χ1n) is 7.82. The van der Waals surface area contributed by atoms with E-state index in [0.717, 1.165) is 17.0 Å². The summed E-state index contributed by atoms with van der Waals surface area (Å²) in [6.07, 6.45) is 0.839. The lowest BCUT2D eigenvalue weighted by atomic mass is 9.96. The van der Waals surface area contributed by atoms with E-state index in [9.17, 15) is 14.9 Å². The van der Waals surface area contributed by atoms with Crippen molar-refractivity contribution < 1.29 is 14.5 Å². The molecule has 5 rings (SSSR count). The predicted molar refractivity (Wildman–Crippen MR) is 91.8 cm³/mol. The molecule has 25 heavy (non-hydrogen) atoms. The molecule has 1 amide bonds. The van der Waals surface area contributed by atoms with Gasteiger partial charge in [-0.1, -0.05) is 17.8 Å². The molecule has 0 spiro atoms. The van der Waals surface area contributed by atoms with Gasteiger partial charge in [-0.25, -0.2) is 0 Å². The van der Waals surface area contributed by atoms with Crippen molar-refractivity contribution in [2.24, 2.45) is 11.1 Å². The number of fused-ring (bicyclic) bond motifs is 6. The highest BCUT2D eigenvalue weighted by atomic mass is 32.2. The Morgan fingerprint density at radius 3 is 2.88 bits per heavy atom. The number of carbonyl (C=O) groups is 1. The number of non-ortho nitro benzene ring substituents is 1. The highest BCUT2D eigenvalue weighted by Crippen LogP contribution is 2.72. The Labute approximate surface area is 146 Å². The summed E-state index contributed by atoms with van der Waals surface area (Å²) in [5.41, 5.74) is 6.29. The van der Waals surface area contributed by atoms with Gasteiger partial charge in [0.15, 0.2) is 0 Å². The average molecular weight is 355 g/mol. The molecule has 1 aliphatic carbocycles. The van der Waals surface area contributed by atoms with E-state index in [1.807, 2.05) is 18.2 Å². The highest BCUT2D eigenvalue weighted by molar-refractivity contribution is 8.00. The van der Waals surface area contributed by atoms with Gasteiger partial charge in [0.2, 0.25) is 5.91 Å². The number of ether oxygens (including phenoxy) is 1. The van der Waals surface area contributed by atoms with Crippen molar-refractivity contribution in [3.05, 3.63) is 52.6 Å². The fourth-order valence-corrected chi connectivity index (χ4v) is 5.50. The van der Waals surface area contributed by atoms with Crippen LogP contribution in [0, 0.1) is 15.5 Å². The SMILES string of the molecule is NC(=O)C12CC1N1c3ccc(Oc4cccc([N+](=O)[O-])c4)cc3SC12. The number of carbonyl (C=O) groups excluding carboxylic acids is 1. The second kappa shape index (κ2) is 4.66. The molecule has 1 saturated heterocycles. The second-order valence-corrected chi connectivity index (χ2v) is 7.61. The molecule has 2 fully saturated rings. The first-order valence-corrected chi connectivity index (χ1v) is 8.70. The fourth-order valence-electron chi connectivity index (χ4n) is 3.83. The first-order chi connectivity index (χ1) is 12.0. The normalized spacial score (nSPS) is 27.6.